The number of rotatable bonds is 0. The summed E-state index contributed by atoms with van der Waals surface area (Å²) in [5.74, 6) is 0.350. The second-order valence-electron chi connectivity index (χ2n) is 7.18. The molecule has 0 unspecified atom stereocenters. The summed E-state index contributed by atoms with van der Waals surface area (Å²) in [6.45, 7) is 0. The third-order valence-corrected chi connectivity index (χ3v) is 5.73. The van der Waals surface area contributed by atoms with E-state index >= 15 is 0 Å². The highest BCUT2D eigenvalue weighted by Crippen LogP contribution is 2.48. The highest BCUT2D eigenvalue weighted by Gasteiger charge is 2.42. The van der Waals surface area contributed by atoms with Gasteiger partial charge in [0.2, 0.25) is 0 Å². The van der Waals surface area contributed by atoms with Crippen LogP contribution in [0.15, 0.2) is 36.4 Å². The van der Waals surface area contributed by atoms with E-state index in [0.717, 1.165) is 24.8 Å². The fourth-order valence-electron chi connectivity index (χ4n) is 4.81. The van der Waals surface area contributed by atoms with Crippen molar-refractivity contribution in [1.82, 2.24) is 0 Å². The molecule has 0 radical (unpaired) electrons. The predicted molar refractivity (Wildman–Crippen MR) is 82.8 cm³/mol. The number of carbonyl (C=O) groups excluding carboxylic acids is 1. The standard InChI is InChI=1S/C20H18O/c21-19-6-5-13-7-16-11-20(12-17(16)8-18(13)19)9-14-3-1-2-4-15(14)10-20/h1-4,7-8H,5-6,9-12H2. The van der Waals surface area contributed by atoms with E-state index in [1.54, 1.807) is 0 Å². The number of hydrogen-bond acceptors (Lipinski definition) is 1. The maximum absolute atomic E-state index is 12.0. The van der Waals surface area contributed by atoms with E-state index in [1.165, 1.54) is 47.1 Å². The van der Waals surface area contributed by atoms with E-state index in [2.05, 4.69) is 36.4 Å². The van der Waals surface area contributed by atoms with E-state index in [9.17, 15) is 4.79 Å². The summed E-state index contributed by atoms with van der Waals surface area (Å²) >= 11 is 0. The lowest BCUT2D eigenvalue weighted by molar-refractivity contribution is 0.0994. The molecular formula is C20H18O. The van der Waals surface area contributed by atoms with Crippen molar-refractivity contribution < 1.29 is 4.79 Å². The fourth-order valence-corrected chi connectivity index (χ4v) is 4.81. The van der Waals surface area contributed by atoms with Gasteiger partial charge in [-0.15, -0.1) is 0 Å². The first-order valence-electron chi connectivity index (χ1n) is 7.97. The third-order valence-electron chi connectivity index (χ3n) is 5.73. The highest BCUT2D eigenvalue weighted by atomic mass is 16.1. The molecule has 0 aliphatic heterocycles. The normalized spacial score (nSPS) is 20.7. The van der Waals surface area contributed by atoms with Gasteiger partial charge in [-0.05, 0) is 71.4 Å². The number of ketones is 1. The average Bonchev–Trinajstić information content (AvgIpc) is 3.11. The summed E-state index contributed by atoms with van der Waals surface area (Å²) in [6.07, 6.45) is 6.42. The molecule has 3 aliphatic rings. The van der Waals surface area contributed by atoms with Crippen LogP contribution in [-0.4, -0.2) is 5.78 Å². The summed E-state index contributed by atoms with van der Waals surface area (Å²) in [5.41, 5.74) is 8.73. The Labute approximate surface area is 125 Å². The molecule has 0 N–H and O–H groups in total. The first-order valence-corrected chi connectivity index (χ1v) is 7.97. The lowest BCUT2D eigenvalue weighted by atomic mass is 9.82. The maximum atomic E-state index is 12.0. The number of fused-ring (bicyclic) bond motifs is 3. The van der Waals surface area contributed by atoms with Gasteiger partial charge in [-0.25, -0.2) is 0 Å². The quantitative estimate of drug-likeness (QED) is 0.716. The molecule has 0 amide bonds. The maximum Gasteiger partial charge on any atom is 0.163 e. The fraction of sp³-hybridized carbons (Fsp3) is 0.350. The molecule has 1 spiro atoms. The van der Waals surface area contributed by atoms with Crippen LogP contribution >= 0.6 is 0 Å². The lowest BCUT2D eigenvalue weighted by Crippen LogP contribution is -2.21. The minimum atomic E-state index is 0.350. The summed E-state index contributed by atoms with van der Waals surface area (Å²) in [7, 11) is 0. The van der Waals surface area contributed by atoms with Crippen molar-refractivity contribution in [2.75, 3.05) is 0 Å². The largest absolute Gasteiger partial charge is 0.294 e. The van der Waals surface area contributed by atoms with Crippen LogP contribution in [0, 0.1) is 5.41 Å². The average molecular weight is 274 g/mol. The van der Waals surface area contributed by atoms with E-state index in [4.69, 9.17) is 0 Å². The molecule has 0 saturated heterocycles. The second kappa shape index (κ2) is 3.85. The van der Waals surface area contributed by atoms with E-state index in [1.807, 2.05) is 0 Å². The molecule has 0 aromatic heterocycles. The molecule has 0 saturated carbocycles. The Morgan fingerprint density at radius 1 is 0.714 bits per heavy atom. The number of benzene rings is 2. The van der Waals surface area contributed by atoms with Crippen LogP contribution in [-0.2, 0) is 32.1 Å². The number of carbonyl (C=O) groups is 1. The molecule has 0 bridgehead atoms. The molecule has 104 valence electrons. The van der Waals surface area contributed by atoms with Crippen LogP contribution in [0.2, 0.25) is 0 Å². The summed E-state index contributed by atoms with van der Waals surface area (Å²) in [6, 6.07) is 13.5. The Balaban J connectivity index is 1.54. The molecule has 2 aromatic rings. The minimum absolute atomic E-state index is 0.350. The van der Waals surface area contributed by atoms with Crippen LogP contribution < -0.4 is 0 Å². The molecule has 21 heavy (non-hydrogen) atoms. The number of aryl methyl sites for hydroxylation is 1. The highest BCUT2D eigenvalue weighted by molar-refractivity contribution is 6.00. The van der Waals surface area contributed by atoms with Crippen molar-refractivity contribution in [1.29, 1.82) is 0 Å². The van der Waals surface area contributed by atoms with Gasteiger partial charge >= 0.3 is 0 Å². The van der Waals surface area contributed by atoms with Gasteiger partial charge in [0.05, 0.1) is 0 Å². The molecule has 0 heterocycles. The van der Waals surface area contributed by atoms with Gasteiger partial charge in [0.15, 0.2) is 5.78 Å². The first kappa shape index (κ1) is 11.7. The van der Waals surface area contributed by atoms with Crippen molar-refractivity contribution in [3.63, 3.8) is 0 Å². The topological polar surface area (TPSA) is 17.1 Å². The van der Waals surface area contributed by atoms with E-state index in [0.29, 0.717) is 11.2 Å². The molecule has 1 nitrogen and oxygen atoms in total. The number of hydrogen-bond donors (Lipinski definition) is 0. The number of Topliss-reactive ketones (excluding diaryl/α,β-unsaturated/α-hetero) is 1. The van der Waals surface area contributed by atoms with Crippen molar-refractivity contribution in [3.05, 3.63) is 69.8 Å². The second-order valence-corrected chi connectivity index (χ2v) is 7.18. The van der Waals surface area contributed by atoms with Gasteiger partial charge in [-0.3, -0.25) is 4.79 Å². The van der Waals surface area contributed by atoms with Crippen LogP contribution in [0.1, 0.15) is 44.6 Å². The van der Waals surface area contributed by atoms with Crippen LogP contribution in [0.3, 0.4) is 0 Å². The molecular weight excluding hydrogens is 256 g/mol. The molecule has 0 fully saturated rings. The summed E-state index contributed by atoms with van der Waals surface area (Å²) in [4.78, 5) is 12.0. The third kappa shape index (κ3) is 1.61. The Hall–Kier alpha value is -1.89. The van der Waals surface area contributed by atoms with Gasteiger partial charge in [-0.2, -0.15) is 0 Å². The zero-order valence-corrected chi connectivity index (χ0v) is 12.1. The molecule has 2 aromatic carbocycles. The Bertz CT molecular complexity index is 759. The lowest BCUT2D eigenvalue weighted by Gasteiger charge is -2.21. The smallest absolute Gasteiger partial charge is 0.163 e. The zero-order chi connectivity index (χ0) is 14.0. The Morgan fingerprint density at radius 2 is 1.33 bits per heavy atom. The van der Waals surface area contributed by atoms with Crippen LogP contribution in [0.4, 0.5) is 0 Å². The molecule has 3 aliphatic carbocycles. The zero-order valence-electron chi connectivity index (χ0n) is 12.1. The molecule has 0 atom stereocenters. The summed E-state index contributed by atoms with van der Waals surface area (Å²) in [5, 5.41) is 0. The monoisotopic (exact) mass is 274 g/mol. The molecule has 1 heteroatoms. The Morgan fingerprint density at radius 3 is 2.05 bits per heavy atom. The summed E-state index contributed by atoms with van der Waals surface area (Å²) < 4.78 is 0. The van der Waals surface area contributed by atoms with Gasteiger partial charge in [0, 0.05) is 12.0 Å². The molecule has 5 rings (SSSR count). The van der Waals surface area contributed by atoms with Gasteiger partial charge in [0.25, 0.3) is 0 Å². The van der Waals surface area contributed by atoms with Crippen molar-refractivity contribution in [2.24, 2.45) is 5.41 Å². The van der Waals surface area contributed by atoms with Crippen LogP contribution in [0.5, 0.6) is 0 Å². The minimum Gasteiger partial charge on any atom is -0.294 e. The van der Waals surface area contributed by atoms with E-state index in [-0.39, 0.29) is 0 Å². The van der Waals surface area contributed by atoms with Crippen LogP contribution in [0.25, 0.3) is 0 Å². The predicted octanol–water partition coefficient (Wildman–Crippen LogP) is 3.70. The Kier molecular flexibility index (Phi) is 2.15. The van der Waals surface area contributed by atoms with E-state index < -0.39 is 0 Å². The first-order chi connectivity index (χ1) is 10.2. The van der Waals surface area contributed by atoms with Crippen molar-refractivity contribution in [2.45, 2.75) is 38.5 Å². The SMILES string of the molecule is O=C1CCc2cc3c(cc21)CC1(Cc2ccccc2C1)C3. The van der Waals surface area contributed by atoms with Crippen molar-refractivity contribution in [3.8, 4) is 0 Å². The van der Waals surface area contributed by atoms with Gasteiger partial charge in [0.1, 0.15) is 0 Å². The van der Waals surface area contributed by atoms with Gasteiger partial charge in [-0.1, -0.05) is 30.3 Å². The van der Waals surface area contributed by atoms with Crippen molar-refractivity contribution >= 4 is 5.78 Å². The van der Waals surface area contributed by atoms with Gasteiger partial charge < -0.3 is 0 Å².